The van der Waals surface area contributed by atoms with Gasteiger partial charge in [0.2, 0.25) is 0 Å². The average molecular weight is 242 g/mol. The summed E-state index contributed by atoms with van der Waals surface area (Å²) in [4.78, 5) is 13.4. The third-order valence-electron chi connectivity index (χ3n) is 3.64. The summed E-state index contributed by atoms with van der Waals surface area (Å²) >= 11 is 0. The number of likely N-dealkylation sites (N-methyl/N-ethyl adjacent to an activating group) is 1. The van der Waals surface area contributed by atoms with Crippen LogP contribution in [-0.2, 0) is 4.79 Å². The number of nitrogens with one attached hydrogen (secondary N) is 1. The molecule has 0 amide bonds. The molecule has 0 saturated heterocycles. The monoisotopic (exact) mass is 242 g/mol. The minimum absolute atomic E-state index is 0.304. The fraction of sp³-hybridized carbons (Fsp3) is 0.923. The predicted molar refractivity (Wildman–Crippen MR) is 69.1 cm³/mol. The van der Waals surface area contributed by atoms with Crippen LogP contribution in [0.4, 0.5) is 0 Å². The minimum Gasteiger partial charge on any atom is -0.480 e. The maximum atomic E-state index is 11.3. The molecule has 1 fully saturated rings. The summed E-state index contributed by atoms with van der Waals surface area (Å²) in [5.74, 6) is 0.285. The van der Waals surface area contributed by atoms with E-state index in [1.807, 2.05) is 14.1 Å². The van der Waals surface area contributed by atoms with E-state index in [4.69, 9.17) is 0 Å². The van der Waals surface area contributed by atoms with E-state index in [9.17, 15) is 9.90 Å². The van der Waals surface area contributed by atoms with Gasteiger partial charge in [-0.05, 0) is 38.8 Å². The fourth-order valence-corrected chi connectivity index (χ4v) is 2.68. The van der Waals surface area contributed by atoms with Gasteiger partial charge in [-0.15, -0.1) is 0 Å². The molecule has 0 aromatic heterocycles. The first kappa shape index (κ1) is 14.5. The van der Waals surface area contributed by atoms with E-state index in [1.54, 1.807) is 0 Å². The number of carboxylic acid groups (broad SMARTS) is 1. The van der Waals surface area contributed by atoms with Crippen molar-refractivity contribution in [2.75, 3.05) is 27.2 Å². The molecule has 17 heavy (non-hydrogen) atoms. The molecule has 0 bridgehead atoms. The van der Waals surface area contributed by atoms with Crippen molar-refractivity contribution in [3.8, 4) is 0 Å². The Morgan fingerprint density at radius 3 is 2.71 bits per heavy atom. The van der Waals surface area contributed by atoms with Crippen molar-refractivity contribution in [2.24, 2.45) is 11.8 Å². The standard InChI is InChI=1S/C13H26N2O2/c1-10-5-4-6-11(9-10)12(13(16)17)14-7-8-15(2)3/h10-12,14H,4-9H2,1-3H3,(H,16,17). The number of hydrogen-bond donors (Lipinski definition) is 2. The van der Waals surface area contributed by atoms with Gasteiger partial charge in [-0.3, -0.25) is 4.79 Å². The van der Waals surface area contributed by atoms with Gasteiger partial charge in [0.25, 0.3) is 0 Å². The summed E-state index contributed by atoms with van der Waals surface area (Å²) in [5, 5.41) is 12.5. The number of nitrogens with zero attached hydrogens (tertiary/aromatic N) is 1. The summed E-state index contributed by atoms with van der Waals surface area (Å²) in [6, 6.07) is -0.363. The van der Waals surface area contributed by atoms with Crippen molar-refractivity contribution in [3.05, 3.63) is 0 Å². The van der Waals surface area contributed by atoms with Gasteiger partial charge in [0.1, 0.15) is 6.04 Å². The Bertz CT molecular complexity index is 244. The Morgan fingerprint density at radius 1 is 1.47 bits per heavy atom. The van der Waals surface area contributed by atoms with Gasteiger partial charge in [0.05, 0.1) is 0 Å². The first-order chi connectivity index (χ1) is 8.00. The predicted octanol–water partition coefficient (Wildman–Crippen LogP) is 1.42. The second kappa shape index (κ2) is 6.97. The number of aliphatic carboxylic acids is 1. The summed E-state index contributed by atoms with van der Waals surface area (Å²) in [5.41, 5.74) is 0. The molecule has 2 N–H and O–H groups in total. The highest BCUT2D eigenvalue weighted by Crippen LogP contribution is 2.30. The second-order valence-corrected chi connectivity index (χ2v) is 5.61. The molecule has 100 valence electrons. The lowest BCUT2D eigenvalue weighted by Gasteiger charge is -2.31. The molecular formula is C13H26N2O2. The summed E-state index contributed by atoms with van der Waals surface area (Å²) in [6.07, 6.45) is 4.52. The zero-order valence-electron chi connectivity index (χ0n) is 11.3. The van der Waals surface area contributed by atoms with E-state index in [0.29, 0.717) is 11.8 Å². The summed E-state index contributed by atoms with van der Waals surface area (Å²) < 4.78 is 0. The second-order valence-electron chi connectivity index (χ2n) is 5.61. The topological polar surface area (TPSA) is 52.6 Å². The SMILES string of the molecule is CC1CCCC(C(NCCN(C)C)C(=O)O)C1. The van der Waals surface area contributed by atoms with Crippen molar-refractivity contribution >= 4 is 5.97 Å². The third-order valence-corrected chi connectivity index (χ3v) is 3.64. The lowest BCUT2D eigenvalue weighted by Crippen LogP contribution is -2.46. The lowest BCUT2D eigenvalue weighted by molar-refractivity contribution is -0.141. The molecular weight excluding hydrogens is 216 g/mol. The van der Waals surface area contributed by atoms with E-state index in [0.717, 1.165) is 25.9 Å². The highest BCUT2D eigenvalue weighted by atomic mass is 16.4. The number of carboxylic acids is 1. The van der Waals surface area contributed by atoms with Gasteiger partial charge in [-0.1, -0.05) is 19.8 Å². The molecule has 3 atom stereocenters. The lowest BCUT2D eigenvalue weighted by atomic mass is 9.78. The third kappa shape index (κ3) is 5.04. The zero-order chi connectivity index (χ0) is 12.8. The minimum atomic E-state index is -0.692. The van der Waals surface area contributed by atoms with Gasteiger partial charge in [0.15, 0.2) is 0 Å². The van der Waals surface area contributed by atoms with E-state index in [-0.39, 0.29) is 6.04 Å². The van der Waals surface area contributed by atoms with Crippen LogP contribution in [0.2, 0.25) is 0 Å². The molecule has 1 rings (SSSR count). The van der Waals surface area contributed by atoms with Crippen LogP contribution in [0, 0.1) is 11.8 Å². The number of hydrogen-bond acceptors (Lipinski definition) is 3. The van der Waals surface area contributed by atoms with Crippen LogP contribution in [0.5, 0.6) is 0 Å². The van der Waals surface area contributed by atoms with Crippen LogP contribution in [0.1, 0.15) is 32.6 Å². The van der Waals surface area contributed by atoms with Crippen molar-refractivity contribution in [1.29, 1.82) is 0 Å². The van der Waals surface area contributed by atoms with Crippen LogP contribution in [0.25, 0.3) is 0 Å². The van der Waals surface area contributed by atoms with Crippen molar-refractivity contribution in [3.63, 3.8) is 0 Å². The Kier molecular flexibility index (Phi) is 5.92. The van der Waals surface area contributed by atoms with Crippen LogP contribution in [-0.4, -0.2) is 49.2 Å². The molecule has 0 aromatic rings. The molecule has 1 aliphatic carbocycles. The maximum Gasteiger partial charge on any atom is 0.320 e. The summed E-state index contributed by atoms with van der Waals surface area (Å²) in [7, 11) is 4.00. The highest BCUT2D eigenvalue weighted by molar-refractivity contribution is 5.73. The summed E-state index contributed by atoms with van der Waals surface area (Å²) in [6.45, 7) is 3.85. The molecule has 0 aromatic carbocycles. The maximum absolute atomic E-state index is 11.3. The molecule has 0 heterocycles. The number of rotatable bonds is 6. The molecule has 1 aliphatic rings. The molecule has 3 unspecified atom stereocenters. The van der Waals surface area contributed by atoms with Crippen LogP contribution in [0.15, 0.2) is 0 Å². The molecule has 4 heteroatoms. The van der Waals surface area contributed by atoms with Gasteiger partial charge in [-0.2, -0.15) is 0 Å². The molecule has 1 saturated carbocycles. The van der Waals surface area contributed by atoms with Crippen molar-refractivity contribution < 1.29 is 9.90 Å². The zero-order valence-corrected chi connectivity index (χ0v) is 11.3. The number of carbonyl (C=O) groups is 1. The van der Waals surface area contributed by atoms with E-state index in [2.05, 4.69) is 17.1 Å². The van der Waals surface area contributed by atoms with E-state index in [1.165, 1.54) is 12.8 Å². The van der Waals surface area contributed by atoms with Crippen molar-refractivity contribution in [1.82, 2.24) is 10.2 Å². The molecule has 4 nitrogen and oxygen atoms in total. The first-order valence-electron chi connectivity index (χ1n) is 6.61. The molecule has 0 spiro atoms. The Balaban J connectivity index is 2.44. The normalized spacial score (nSPS) is 27.1. The first-order valence-corrected chi connectivity index (χ1v) is 6.61. The Labute approximate surface area is 104 Å². The largest absolute Gasteiger partial charge is 0.480 e. The Morgan fingerprint density at radius 2 is 2.18 bits per heavy atom. The van der Waals surface area contributed by atoms with Gasteiger partial charge < -0.3 is 15.3 Å². The van der Waals surface area contributed by atoms with Gasteiger partial charge >= 0.3 is 5.97 Å². The molecule has 0 aliphatic heterocycles. The van der Waals surface area contributed by atoms with Crippen LogP contribution >= 0.6 is 0 Å². The fourth-order valence-electron chi connectivity index (χ4n) is 2.68. The van der Waals surface area contributed by atoms with Gasteiger partial charge in [0, 0.05) is 13.1 Å². The Hall–Kier alpha value is -0.610. The van der Waals surface area contributed by atoms with E-state index >= 15 is 0 Å². The van der Waals surface area contributed by atoms with Gasteiger partial charge in [-0.25, -0.2) is 0 Å². The molecule has 0 radical (unpaired) electrons. The smallest absolute Gasteiger partial charge is 0.320 e. The average Bonchev–Trinajstić information content (AvgIpc) is 2.23. The quantitative estimate of drug-likeness (QED) is 0.739. The van der Waals surface area contributed by atoms with Crippen LogP contribution in [0.3, 0.4) is 0 Å². The highest BCUT2D eigenvalue weighted by Gasteiger charge is 2.30. The van der Waals surface area contributed by atoms with Crippen LogP contribution < -0.4 is 5.32 Å². The van der Waals surface area contributed by atoms with E-state index < -0.39 is 5.97 Å². The van der Waals surface area contributed by atoms with Crippen molar-refractivity contribution in [2.45, 2.75) is 38.6 Å².